The van der Waals surface area contributed by atoms with E-state index in [0.717, 1.165) is 5.56 Å². The number of nitrogens with zero attached hydrogens (tertiary/aromatic N) is 2. The maximum atomic E-state index is 10.9. The van der Waals surface area contributed by atoms with Gasteiger partial charge in [0.05, 0.1) is 6.67 Å². The monoisotopic (exact) mass is 334 g/mol. The van der Waals surface area contributed by atoms with E-state index in [1.165, 1.54) is 6.92 Å². The van der Waals surface area contributed by atoms with E-state index in [9.17, 15) is 4.79 Å². The molecule has 0 fully saturated rings. The molecule has 0 saturated carbocycles. The number of anilines is 2. The smallest absolute Gasteiger partial charge is 0.216 e. The average Bonchev–Trinajstić information content (AvgIpc) is 2.52. The van der Waals surface area contributed by atoms with Crippen LogP contribution in [0.2, 0.25) is 5.02 Å². The van der Waals surface area contributed by atoms with Gasteiger partial charge < -0.3 is 21.7 Å². The first-order valence-corrected chi connectivity index (χ1v) is 7.53. The van der Waals surface area contributed by atoms with Gasteiger partial charge >= 0.3 is 0 Å². The van der Waals surface area contributed by atoms with E-state index >= 15 is 0 Å². The van der Waals surface area contributed by atoms with Crippen LogP contribution in [0.4, 0.5) is 11.6 Å². The molecule has 0 aliphatic heterocycles. The number of halogens is 1. The quantitative estimate of drug-likeness (QED) is 0.453. The average molecular weight is 335 g/mol. The first-order chi connectivity index (χ1) is 11.1. The second-order valence-corrected chi connectivity index (χ2v) is 5.20. The van der Waals surface area contributed by atoms with E-state index in [1.807, 2.05) is 12.1 Å². The van der Waals surface area contributed by atoms with Crippen LogP contribution in [0.15, 0.2) is 30.3 Å². The number of aromatic nitrogens is 2. The maximum absolute atomic E-state index is 10.9. The lowest BCUT2D eigenvalue weighted by atomic mass is 10.2. The topological polar surface area (TPSA) is 105 Å². The molecule has 1 aromatic carbocycles. The third-order valence-corrected chi connectivity index (χ3v) is 3.17. The first kappa shape index (κ1) is 17.0. The number of nitrogens with one attached hydrogen (secondary N) is 3. The van der Waals surface area contributed by atoms with Crippen molar-refractivity contribution >= 4 is 29.1 Å². The Bertz CT molecular complexity index is 662. The lowest BCUT2D eigenvalue weighted by Gasteiger charge is -2.11. The van der Waals surface area contributed by atoms with Crippen molar-refractivity contribution in [3.63, 3.8) is 0 Å². The van der Waals surface area contributed by atoms with Crippen LogP contribution < -0.4 is 21.7 Å². The molecule has 5 N–H and O–H groups in total. The SMILES string of the molecule is CC(=O)NCCNc1cc(NCN)nc(-c2ccc(Cl)cc2)n1. The highest BCUT2D eigenvalue weighted by Crippen LogP contribution is 2.21. The molecule has 2 aromatic rings. The second-order valence-electron chi connectivity index (χ2n) is 4.76. The van der Waals surface area contributed by atoms with E-state index in [2.05, 4.69) is 25.9 Å². The van der Waals surface area contributed by atoms with Crippen molar-refractivity contribution < 1.29 is 4.79 Å². The molecule has 0 spiro atoms. The molecule has 23 heavy (non-hydrogen) atoms. The third-order valence-electron chi connectivity index (χ3n) is 2.92. The number of nitrogens with two attached hydrogens (primary N) is 1. The summed E-state index contributed by atoms with van der Waals surface area (Å²) in [6.07, 6.45) is 0. The molecule has 122 valence electrons. The van der Waals surface area contributed by atoms with Crippen molar-refractivity contribution in [2.75, 3.05) is 30.4 Å². The Hall–Kier alpha value is -2.38. The van der Waals surface area contributed by atoms with Crippen LogP contribution in [-0.2, 0) is 4.79 Å². The molecular formula is C15H19ClN6O. The zero-order valence-electron chi connectivity index (χ0n) is 12.8. The summed E-state index contributed by atoms with van der Waals surface area (Å²) in [7, 11) is 0. The predicted molar refractivity (Wildman–Crippen MR) is 92.3 cm³/mol. The fourth-order valence-electron chi connectivity index (χ4n) is 1.89. The summed E-state index contributed by atoms with van der Waals surface area (Å²) in [5.41, 5.74) is 6.36. The van der Waals surface area contributed by atoms with E-state index in [4.69, 9.17) is 17.3 Å². The summed E-state index contributed by atoms with van der Waals surface area (Å²) < 4.78 is 0. The van der Waals surface area contributed by atoms with Crippen LogP contribution in [0, 0.1) is 0 Å². The molecular weight excluding hydrogens is 316 g/mol. The van der Waals surface area contributed by atoms with Crippen molar-refractivity contribution in [1.29, 1.82) is 0 Å². The first-order valence-electron chi connectivity index (χ1n) is 7.16. The minimum absolute atomic E-state index is 0.0678. The highest BCUT2D eigenvalue weighted by molar-refractivity contribution is 6.30. The standard InChI is InChI=1S/C15H19ClN6O/c1-10(23)18-6-7-19-13-8-14(20-9-17)22-15(21-13)11-2-4-12(16)5-3-11/h2-5,8H,6-7,9,17H2,1H3,(H,18,23)(H2,19,20,21,22). The van der Waals surface area contributed by atoms with Gasteiger partial charge in [0.25, 0.3) is 0 Å². The van der Waals surface area contributed by atoms with Gasteiger partial charge in [-0.25, -0.2) is 9.97 Å². The van der Waals surface area contributed by atoms with Gasteiger partial charge in [0, 0.05) is 36.7 Å². The van der Waals surface area contributed by atoms with Crippen LogP contribution in [0.25, 0.3) is 11.4 Å². The zero-order valence-corrected chi connectivity index (χ0v) is 13.5. The normalized spacial score (nSPS) is 10.2. The van der Waals surface area contributed by atoms with Crippen molar-refractivity contribution in [1.82, 2.24) is 15.3 Å². The van der Waals surface area contributed by atoms with E-state index in [-0.39, 0.29) is 12.6 Å². The summed E-state index contributed by atoms with van der Waals surface area (Å²) in [5.74, 6) is 1.75. The van der Waals surface area contributed by atoms with Crippen LogP contribution >= 0.6 is 11.6 Å². The molecule has 0 aliphatic rings. The van der Waals surface area contributed by atoms with Gasteiger partial charge in [-0.3, -0.25) is 4.79 Å². The van der Waals surface area contributed by atoms with Crippen molar-refractivity contribution in [2.45, 2.75) is 6.92 Å². The number of hydrogen-bond acceptors (Lipinski definition) is 6. The molecule has 1 heterocycles. The Morgan fingerprint density at radius 2 is 1.78 bits per heavy atom. The van der Waals surface area contributed by atoms with Crippen molar-refractivity contribution in [3.05, 3.63) is 35.4 Å². The van der Waals surface area contributed by atoms with Gasteiger partial charge in [-0.1, -0.05) is 11.6 Å². The highest BCUT2D eigenvalue weighted by atomic mass is 35.5. The minimum Gasteiger partial charge on any atom is -0.368 e. The van der Waals surface area contributed by atoms with Gasteiger partial charge in [-0.05, 0) is 24.3 Å². The predicted octanol–water partition coefficient (Wildman–Crippen LogP) is 1.67. The number of rotatable bonds is 7. The third kappa shape index (κ3) is 5.39. The van der Waals surface area contributed by atoms with Crippen LogP contribution in [0.5, 0.6) is 0 Å². The lowest BCUT2D eigenvalue weighted by Crippen LogP contribution is -2.26. The summed E-state index contributed by atoms with van der Waals surface area (Å²) in [5, 5.41) is 9.48. The van der Waals surface area contributed by atoms with E-state index < -0.39 is 0 Å². The molecule has 1 amide bonds. The number of amides is 1. The largest absolute Gasteiger partial charge is 0.368 e. The van der Waals surface area contributed by atoms with E-state index in [0.29, 0.717) is 35.6 Å². The summed E-state index contributed by atoms with van der Waals surface area (Å²) in [4.78, 5) is 19.8. The Balaban J connectivity index is 2.17. The number of hydrogen-bond donors (Lipinski definition) is 4. The molecule has 0 saturated heterocycles. The second kappa shape index (κ2) is 8.30. The Morgan fingerprint density at radius 1 is 1.13 bits per heavy atom. The Labute approximate surface area is 139 Å². The zero-order chi connectivity index (χ0) is 16.7. The molecule has 0 atom stereocenters. The Kier molecular flexibility index (Phi) is 6.13. The fourth-order valence-corrected chi connectivity index (χ4v) is 2.02. The molecule has 7 nitrogen and oxygen atoms in total. The molecule has 1 aromatic heterocycles. The molecule has 0 radical (unpaired) electrons. The van der Waals surface area contributed by atoms with Crippen LogP contribution in [-0.4, -0.2) is 35.6 Å². The molecule has 0 bridgehead atoms. The molecule has 0 unspecified atom stereocenters. The Morgan fingerprint density at radius 3 is 2.39 bits per heavy atom. The lowest BCUT2D eigenvalue weighted by molar-refractivity contribution is -0.118. The van der Waals surface area contributed by atoms with Crippen LogP contribution in [0.1, 0.15) is 6.92 Å². The van der Waals surface area contributed by atoms with E-state index in [1.54, 1.807) is 18.2 Å². The van der Waals surface area contributed by atoms with Gasteiger partial charge in [0.1, 0.15) is 11.6 Å². The molecule has 8 heteroatoms. The van der Waals surface area contributed by atoms with Crippen LogP contribution in [0.3, 0.4) is 0 Å². The summed E-state index contributed by atoms with van der Waals surface area (Å²) in [6.45, 7) is 2.81. The highest BCUT2D eigenvalue weighted by Gasteiger charge is 2.07. The molecule has 0 aliphatic carbocycles. The van der Waals surface area contributed by atoms with Gasteiger partial charge in [0.15, 0.2) is 5.82 Å². The van der Waals surface area contributed by atoms with Crippen molar-refractivity contribution in [3.8, 4) is 11.4 Å². The minimum atomic E-state index is -0.0678. The number of benzene rings is 1. The number of carbonyl (C=O) groups is 1. The summed E-state index contributed by atoms with van der Waals surface area (Å²) >= 11 is 5.90. The van der Waals surface area contributed by atoms with Gasteiger partial charge in [0.2, 0.25) is 5.91 Å². The summed E-state index contributed by atoms with van der Waals surface area (Å²) in [6, 6.07) is 9.04. The molecule has 2 rings (SSSR count). The fraction of sp³-hybridized carbons (Fsp3) is 0.267. The number of carbonyl (C=O) groups excluding carboxylic acids is 1. The van der Waals surface area contributed by atoms with Gasteiger partial charge in [-0.2, -0.15) is 0 Å². The van der Waals surface area contributed by atoms with Gasteiger partial charge in [-0.15, -0.1) is 0 Å². The maximum Gasteiger partial charge on any atom is 0.216 e. The van der Waals surface area contributed by atoms with Crippen molar-refractivity contribution in [2.24, 2.45) is 5.73 Å².